The van der Waals surface area contributed by atoms with E-state index in [1.807, 2.05) is 25.1 Å². The number of hydrogen-bond acceptors (Lipinski definition) is 3. The van der Waals surface area contributed by atoms with E-state index in [9.17, 15) is 4.79 Å². The van der Waals surface area contributed by atoms with Gasteiger partial charge in [0.05, 0.1) is 6.61 Å². The van der Waals surface area contributed by atoms with Crippen molar-refractivity contribution in [2.75, 3.05) is 39.9 Å². The summed E-state index contributed by atoms with van der Waals surface area (Å²) in [5.74, 6) is 0.726. The first-order valence-electron chi connectivity index (χ1n) is 7.62. The van der Waals surface area contributed by atoms with Crippen molar-refractivity contribution in [3.63, 3.8) is 0 Å². The van der Waals surface area contributed by atoms with Crippen molar-refractivity contribution < 1.29 is 9.53 Å². The highest BCUT2D eigenvalue weighted by Gasteiger charge is 2.02. The van der Waals surface area contributed by atoms with Crippen LogP contribution in [0, 0.1) is 0 Å². The van der Waals surface area contributed by atoms with Crippen LogP contribution >= 0.6 is 24.0 Å². The highest BCUT2D eigenvalue weighted by Crippen LogP contribution is 1.97. The van der Waals surface area contributed by atoms with E-state index in [1.54, 1.807) is 19.2 Å². The zero-order valence-electron chi connectivity index (χ0n) is 13.8. The number of guanidine groups is 1. The van der Waals surface area contributed by atoms with Gasteiger partial charge in [0.2, 0.25) is 0 Å². The molecular formula is C16H27IN4O2. The van der Waals surface area contributed by atoms with Gasteiger partial charge < -0.3 is 20.7 Å². The summed E-state index contributed by atoms with van der Waals surface area (Å²) in [6.07, 6.45) is 0.791. The number of halogens is 1. The highest BCUT2D eigenvalue weighted by atomic mass is 127. The second-order valence-corrected chi connectivity index (χ2v) is 4.66. The SMILES string of the molecule is CCNC(=NCCCNC(=O)c1ccccc1)NCCOC.I. The van der Waals surface area contributed by atoms with Gasteiger partial charge in [-0.1, -0.05) is 18.2 Å². The molecule has 0 aliphatic rings. The number of ether oxygens (including phenoxy) is 1. The third-order valence-electron chi connectivity index (χ3n) is 2.87. The number of rotatable bonds is 9. The lowest BCUT2D eigenvalue weighted by Crippen LogP contribution is -2.39. The van der Waals surface area contributed by atoms with Crippen molar-refractivity contribution >= 4 is 35.8 Å². The number of hydrogen-bond donors (Lipinski definition) is 3. The third-order valence-corrected chi connectivity index (χ3v) is 2.87. The Labute approximate surface area is 155 Å². The molecule has 0 unspecified atom stereocenters. The van der Waals surface area contributed by atoms with Crippen LogP contribution in [-0.4, -0.2) is 51.8 Å². The van der Waals surface area contributed by atoms with Crippen molar-refractivity contribution in [3.8, 4) is 0 Å². The maximum atomic E-state index is 11.8. The first kappa shape index (κ1) is 21.6. The molecule has 0 bridgehead atoms. The van der Waals surface area contributed by atoms with Crippen LogP contribution in [0.15, 0.2) is 35.3 Å². The van der Waals surface area contributed by atoms with Crippen LogP contribution in [0.2, 0.25) is 0 Å². The van der Waals surface area contributed by atoms with Gasteiger partial charge in [-0.25, -0.2) is 0 Å². The van der Waals surface area contributed by atoms with Crippen molar-refractivity contribution in [1.82, 2.24) is 16.0 Å². The van der Waals surface area contributed by atoms with Gasteiger partial charge in [-0.3, -0.25) is 9.79 Å². The van der Waals surface area contributed by atoms with E-state index in [2.05, 4.69) is 20.9 Å². The van der Waals surface area contributed by atoms with E-state index < -0.39 is 0 Å². The van der Waals surface area contributed by atoms with Gasteiger partial charge in [-0.05, 0) is 25.5 Å². The fraction of sp³-hybridized carbons (Fsp3) is 0.500. The summed E-state index contributed by atoms with van der Waals surface area (Å²) in [6, 6.07) is 9.21. The molecule has 0 spiro atoms. The summed E-state index contributed by atoms with van der Waals surface area (Å²) in [7, 11) is 1.67. The molecule has 1 aromatic rings. The molecule has 1 aromatic carbocycles. The van der Waals surface area contributed by atoms with Crippen LogP contribution in [0.4, 0.5) is 0 Å². The van der Waals surface area contributed by atoms with Crippen LogP contribution < -0.4 is 16.0 Å². The molecular weight excluding hydrogens is 407 g/mol. The number of amides is 1. The number of nitrogens with zero attached hydrogens (tertiary/aromatic N) is 1. The summed E-state index contributed by atoms with van der Waals surface area (Å²) in [5.41, 5.74) is 0.681. The van der Waals surface area contributed by atoms with Crippen molar-refractivity contribution in [2.45, 2.75) is 13.3 Å². The lowest BCUT2D eigenvalue weighted by molar-refractivity contribution is 0.0953. The van der Waals surface area contributed by atoms with E-state index in [4.69, 9.17) is 4.74 Å². The van der Waals surface area contributed by atoms with Gasteiger partial charge in [-0.15, -0.1) is 24.0 Å². The smallest absolute Gasteiger partial charge is 0.251 e. The number of methoxy groups -OCH3 is 1. The Morgan fingerprint density at radius 3 is 2.52 bits per heavy atom. The zero-order valence-corrected chi connectivity index (χ0v) is 16.1. The van der Waals surface area contributed by atoms with Gasteiger partial charge >= 0.3 is 0 Å². The summed E-state index contributed by atoms with van der Waals surface area (Å²) in [5, 5.41) is 9.22. The molecule has 0 saturated carbocycles. The number of carbonyl (C=O) groups excluding carboxylic acids is 1. The molecule has 7 heteroatoms. The number of carbonyl (C=O) groups is 1. The molecule has 0 aromatic heterocycles. The van der Waals surface area contributed by atoms with E-state index in [-0.39, 0.29) is 29.9 Å². The number of nitrogens with one attached hydrogen (secondary N) is 3. The fourth-order valence-electron chi connectivity index (χ4n) is 1.78. The first-order chi connectivity index (χ1) is 10.8. The van der Waals surface area contributed by atoms with Gasteiger partial charge in [0.15, 0.2) is 5.96 Å². The molecule has 1 amide bonds. The van der Waals surface area contributed by atoms with Gasteiger partial charge in [0.1, 0.15) is 0 Å². The lowest BCUT2D eigenvalue weighted by atomic mass is 10.2. The Morgan fingerprint density at radius 1 is 1.13 bits per heavy atom. The van der Waals surface area contributed by atoms with Crippen molar-refractivity contribution in [3.05, 3.63) is 35.9 Å². The molecule has 0 fully saturated rings. The average molecular weight is 434 g/mol. The molecule has 0 aliphatic carbocycles. The average Bonchev–Trinajstić information content (AvgIpc) is 2.55. The predicted octanol–water partition coefficient (Wildman–Crippen LogP) is 1.63. The minimum Gasteiger partial charge on any atom is -0.383 e. The monoisotopic (exact) mass is 434 g/mol. The lowest BCUT2D eigenvalue weighted by Gasteiger charge is -2.10. The molecule has 0 radical (unpaired) electrons. The van der Waals surface area contributed by atoms with Crippen LogP contribution in [0.3, 0.4) is 0 Å². The Kier molecular flexibility index (Phi) is 13.4. The molecule has 0 aliphatic heterocycles. The Hall–Kier alpha value is -1.35. The second kappa shape index (κ2) is 14.3. The predicted molar refractivity (Wildman–Crippen MR) is 105 cm³/mol. The topological polar surface area (TPSA) is 74.8 Å². The van der Waals surface area contributed by atoms with E-state index in [0.717, 1.165) is 18.9 Å². The maximum absolute atomic E-state index is 11.8. The Morgan fingerprint density at radius 2 is 1.87 bits per heavy atom. The van der Waals surface area contributed by atoms with Crippen LogP contribution in [-0.2, 0) is 4.74 Å². The van der Waals surface area contributed by atoms with Crippen LogP contribution in [0.5, 0.6) is 0 Å². The van der Waals surface area contributed by atoms with Crippen LogP contribution in [0.25, 0.3) is 0 Å². The molecule has 3 N–H and O–H groups in total. The summed E-state index contributed by atoms with van der Waals surface area (Å²) >= 11 is 0. The van der Waals surface area contributed by atoms with E-state index >= 15 is 0 Å². The molecule has 0 saturated heterocycles. The molecule has 130 valence electrons. The Balaban J connectivity index is 0.00000484. The van der Waals surface area contributed by atoms with E-state index in [1.165, 1.54) is 0 Å². The molecule has 0 atom stereocenters. The number of aliphatic imine (C=N–C) groups is 1. The third kappa shape index (κ3) is 10.1. The number of benzene rings is 1. The molecule has 1 rings (SSSR count). The molecule has 0 heterocycles. The van der Waals surface area contributed by atoms with Gasteiger partial charge in [0.25, 0.3) is 5.91 Å². The minimum atomic E-state index is -0.0466. The minimum absolute atomic E-state index is 0. The normalized spacial score (nSPS) is 10.6. The zero-order chi connectivity index (χ0) is 16.0. The van der Waals surface area contributed by atoms with Crippen molar-refractivity contribution in [2.24, 2.45) is 4.99 Å². The summed E-state index contributed by atoms with van der Waals surface area (Å²) in [4.78, 5) is 16.3. The van der Waals surface area contributed by atoms with Crippen molar-refractivity contribution in [1.29, 1.82) is 0 Å². The quantitative estimate of drug-likeness (QED) is 0.239. The van der Waals surface area contributed by atoms with Gasteiger partial charge in [0, 0.05) is 38.9 Å². The Bertz CT molecular complexity index is 455. The van der Waals surface area contributed by atoms with Gasteiger partial charge in [-0.2, -0.15) is 0 Å². The maximum Gasteiger partial charge on any atom is 0.251 e. The summed E-state index contributed by atoms with van der Waals surface area (Å²) < 4.78 is 4.99. The standard InChI is InChI=1S/C16H26N4O2.HI/c1-3-17-16(20-12-13-22-2)19-11-7-10-18-15(21)14-8-5-4-6-9-14;/h4-6,8-9H,3,7,10-13H2,1-2H3,(H,18,21)(H2,17,19,20);1H. The van der Waals surface area contributed by atoms with E-state index in [0.29, 0.717) is 31.8 Å². The highest BCUT2D eigenvalue weighted by molar-refractivity contribution is 14.0. The summed E-state index contributed by atoms with van der Waals surface area (Å²) in [6.45, 7) is 5.44. The first-order valence-corrected chi connectivity index (χ1v) is 7.62. The fourth-order valence-corrected chi connectivity index (χ4v) is 1.78. The largest absolute Gasteiger partial charge is 0.383 e. The molecule has 23 heavy (non-hydrogen) atoms. The second-order valence-electron chi connectivity index (χ2n) is 4.66. The van der Waals surface area contributed by atoms with Crippen LogP contribution in [0.1, 0.15) is 23.7 Å². The molecule has 6 nitrogen and oxygen atoms in total.